The Morgan fingerprint density at radius 1 is 1.40 bits per heavy atom. The molecule has 2 nitrogen and oxygen atoms in total. The molecule has 15 heavy (non-hydrogen) atoms. The first-order chi connectivity index (χ1) is 7.29. The van der Waals surface area contributed by atoms with Crippen LogP contribution in [0.3, 0.4) is 0 Å². The number of nitrogens with zero attached hydrogens (tertiary/aromatic N) is 1. The number of hydrogen-bond donors (Lipinski definition) is 1. The van der Waals surface area contributed by atoms with Crippen LogP contribution in [0.15, 0.2) is 10.6 Å². The predicted octanol–water partition coefficient (Wildman–Crippen LogP) is 2.52. The minimum Gasteiger partial charge on any atom is -0.313 e. The van der Waals surface area contributed by atoms with E-state index >= 15 is 0 Å². The van der Waals surface area contributed by atoms with E-state index in [4.69, 9.17) is 23.2 Å². The van der Waals surface area contributed by atoms with Gasteiger partial charge in [0.2, 0.25) is 0 Å². The molecule has 1 aliphatic heterocycles. The topological polar surface area (TPSA) is 15.3 Å². The Balaban J connectivity index is 1.82. The Morgan fingerprint density at radius 3 is 2.73 bits per heavy atom. The van der Waals surface area contributed by atoms with Crippen molar-refractivity contribution in [2.24, 2.45) is 0 Å². The van der Waals surface area contributed by atoms with E-state index in [2.05, 4.69) is 10.2 Å². The molecule has 2 fully saturated rings. The van der Waals surface area contributed by atoms with E-state index in [1.165, 1.54) is 37.8 Å². The summed E-state index contributed by atoms with van der Waals surface area (Å²) in [6, 6.07) is 1.41. The molecule has 2 aliphatic rings. The van der Waals surface area contributed by atoms with Crippen molar-refractivity contribution in [3.05, 3.63) is 10.6 Å². The molecule has 0 bridgehead atoms. The second-order valence-corrected chi connectivity index (χ2v) is 5.21. The number of halogens is 2. The molecule has 2 rings (SSSR count). The molecule has 0 aromatic rings. The smallest absolute Gasteiger partial charge is 0.0434 e. The van der Waals surface area contributed by atoms with Gasteiger partial charge in [-0.15, -0.1) is 0 Å². The third-order valence-corrected chi connectivity index (χ3v) is 3.76. The summed E-state index contributed by atoms with van der Waals surface area (Å²) in [5.41, 5.74) is 1.49. The van der Waals surface area contributed by atoms with Crippen molar-refractivity contribution < 1.29 is 0 Å². The molecule has 1 saturated carbocycles. The van der Waals surface area contributed by atoms with Gasteiger partial charge < -0.3 is 5.32 Å². The molecule has 0 spiro atoms. The van der Waals surface area contributed by atoms with Crippen LogP contribution in [0, 0.1) is 0 Å². The molecule has 1 saturated heterocycles. The first-order valence-corrected chi connectivity index (χ1v) is 6.53. The fraction of sp³-hybridized carbons (Fsp3) is 0.818. The van der Waals surface area contributed by atoms with E-state index in [-0.39, 0.29) is 0 Å². The lowest BCUT2D eigenvalue weighted by atomic mass is 10.2. The zero-order chi connectivity index (χ0) is 10.7. The van der Waals surface area contributed by atoms with Crippen molar-refractivity contribution in [3.63, 3.8) is 0 Å². The third kappa shape index (κ3) is 3.63. The van der Waals surface area contributed by atoms with Crippen LogP contribution in [-0.4, -0.2) is 36.6 Å². The number of rotatable bonds is 5. The summed E-state index contributed by atoms with van der Waals surface area (Å²) in [5, 5.41) is 4.28. The van der Waals surface area contributed by atoms with Gasteiger partial charge in [0.05, 0.1) is 0 Å². The van der Waals surface area contributed by atoms with Crippen molar-refractivity contribution in [2.45, 2.75) is 37.8 Å². The monoisotopic (exact) mass is 248 g/mol. The van der Waals surface area contributed by atoms with Crippen molar-refractivity contribution in [3.8, 4) is 0 Å². The Kier molecular flexibility index (Phi) is 4.32. The van der Waals surface area contributed by atoms with Crippen molar-refractivity contribution in [1.29, 1.82) is 0 Å². The van der Waals surface area contributed by atoms with E-state index in [0.29, 0.717) is 6.04 Å². The van der Waals surface area contributed by atoms with Crippen LogP contribution in [0.25, 0.3) is 0 Å². The van der Waals surface area contributed by atoms with E-state index in [1.807, 2.05) is 0 Å². The molecular weight excluding hydrogens is 231 g/mol. The molecule has 1 unspecified atom stereocenters. The summed E-state index contributed by atoms with van der Waals surface area (Å²) < 4.78 is 0. The second-order valence-electron chi connectivity index (χ2n) is 4.51. The Labute approximate surface area is 102 Å². The van der Waals surface area contributed by atoms with Crippen molar-refractivity contribution in [2.75, 3.05) is 19.6 Å². The van der Waals surface area contributed by atoms with Gasteiger partial charge in [-0.2, -0.15) is 0 Å². The first kappa shape index (κ1) is 11.7. The molecule has 0 aromatic carbocycles. The van der Waals surface area contributed by atoms with Crippen LogP contribution in [-0.2, 0) is 0 Å². The van der Waals surface area contributed by atoms with Crippen LogP contribution in [0.2, 0.25) is 0 Å². The molecule has 0 radical (unpaired) electrons. The highest BCUT2D eigenvalue weighted by atomic mass is 35.5. The quantitative estimate of drug-likeness (QED) is 0.805. The fourth-order valence-electron chi connectivity index (χ4n) is 2.21. The van der Waals surface area contributed by atoms with E-state index in [1.54, 1.807) is 0 Å². The minimum atomic E-state index is 0.658. The Morgan fingerprint density at radius 2 is 2.20 bits per heavy atom. The van der Waals surface area contributed by atoms with Gasteiger partial charge in [-0.1, -0.05) is 23.2 Å². The van der Waals surface area contributed by atoms with Crippen LogP contribution in [0.5, 0.6) is 0 Å². The summed E-state index contributed by atoms with van der Waals surface area (Å²) in [5.74, 6) is 0. The van der Waals surface area contributed by atoms with Gasteiger partial charge in [0.1, 0.15) is 0 Å². The lowest BCUT2D eigenvalue weighted by Crippen LogP contribution is -2.39. The van der Waals surface area contributed by atoms with Crippen molar-refractivity contribution in [1.82, 2.24) is 10.2 Å². The maximum absolute atomic E-state index is 5.98. The fourth-order valence-corrected chi connectivity index (χ4v) is 2.43. The van der Waals surface area contributed by atoms with E-state index in [0.717, 1.165) is 24.2 Å². The van der Waals surface area contributed by atoms with Gasteiger partial charge in [-0.05, 0) is 32.2 Å². The molecule has 1 heterocycles. The Hall–Kier alpha value is 0.240. The molecule has 1 N–H and O–H groups in total. The average molecular weight is 249 g/mol. The summed E-state index contributed by atoms with van der Waals surface area (Å²) in [7, 11) is 0. The number of nitrogens with one attached hydrogen (secondary N) is 1. The number of hydrogen-bond acceptors (Lipinski definition) is 2. The minimum absolute atomic E-state index is 0.658. The van der Waals surface area contributed by atoms with Gasteiger partial charge >= 0.3 is 0 Å². The summed E-state index contributed by atoms with van der Waals surface area (Å²) >= 11 is 11.6. The van der Waals surface area contributed by atoms with Crippen molar-refractivity contribution >= 4 is 23.2 Å². The molecule has 4 heteroatoms. The Bertz CT molecular complexity index is 233. The third-order valence-electron chi connectivity index (χ3n) is 3.15. The van der Waals surface area contributed by atoms with Gasteiger partial charge in [-0.3, -0.25) is 4.90 Å². The molecule has 1 atom stereocenters. The lowest BCUT2D eigenvalue weighted by Gasteiger charge is -2.25. The predicted molar refractivity (Wildman–Crippen MR) is 65.4 cm³/mol. The molecular formula is C11H18Cl2N2. The highest BCUT2D eigenvalue weighted by Gasteiger charge is 2.31. The standard InChI is InChI=1S/C11H18Cl2N2/c12-6-9(13)7-15(11-3-4-11)8-10-2-1-5-14-10/h6,10-11,14H,1-5,7-8H2/b9-6+. The molecule has 86 valence electrons. The van der Waals surface area contributed by atoms with Crippen LogP contribution in [0.1, 0.15) is 25.7 Å². The summed E-state index contributed by atoms with van der Waals surface area (Å²) in [6.45, 7) is 3.10. The van der Waals surface area contributed by atoms with Crippen LogP contribution in [0.4, 0.5) is 0 Å². The first-order valence-electron chi connectivity index (χ1n) is 5.72. The van der Waals surface area contributed by atoms with Gasteiger partial charge in [0, 0.05) is 35.7 Å². The van der Waals surface area contributed by atoms with Gasteiger partial charge in [0.15, 0.2) is 0 Å². The highest BCUT2D eigenvalue weighted by Crippen LogP contribution is 2.28. The van der Waals surface area contributed by atoms with Crippen LogP contribution >= 0.6 is 23.2 Å². The van der Waals surface area contributed by atoms with Gasteiger partial charge in [-0.25, -0.2) is 0 Å². The normalized spacial score (nSPS) is 27.7. The molecule has 0 aromatic heterocycles. The van der Waals surface area contributed by atoms with E-state index in [9.17, 15) is 0 Å². The zero-order valence-electron chi connectivity index (χ0n) is 8.88. The van der Waals surface area contributed by atoms with Crippen LogP contribution < -0.4 is 5.32 Å². The lowest BCUT2D eigenvalue weighted by molar-refractivity contribution is 0.262. The summed E-state index contributed by atoms with van der Waals surface area (Å²) in [6.07, 6.45) is 5.24. The van der Waals surface area contributed by atoms with E-state index < -0.39 is 0 Å². The largest absolute Gasteiger partial charge is 0.313 e. The van der Waals surface area contributed by atoms with Gasteiger partial charge in [0.25, 0.3) is 0 Å². The maximum Gasteiger partial charge on any atom is 0.0434 e. The average Bonchev–Trinajstić information content (AvgIpc) is 2.97. The SMILES string of the molecule is Cl/C=C(/Cl)CN(CC1CCCN1)C1CC1. The molecule has 0 amide bonds. The highest BCUT2D eigenvalue weighted by molar-refractivity contribution is 6.36. The summed E-state index contributed by atoms with van der Waals surface area (Å²) in [4.78, 5) is 2.46. The maximum atomic E-state index is 5.98. The second kappa shape index (κ2) is 5.53. The molecule has 1 aliphatic carbocycles. The zero-order valence-corrected chi connectivity index (χ0v) is 10.4.